The topological polar surface area (TPSA) is 44.8 Å². The third-order valence-electron chi connectivity index (χ3n) is 2.33. The van der Waals surface area contributed by atoms with Crippen molar-refractivity contribution in [1.29, 1.82) is 0 Å². The summed E-state index contributed by atoms with van der Waals surface area (Å²) in [5.74, 6) is 0.289. The molecule has 4 heteroatoms. The second-order valence-corrected chi connectivity index (χ2v) is 4.99. The molecule has 0 heterocycles. The molecule has 0 spiro atoms. The highest BCUT2D eigenvalue weighted by Crippen LogP contribution is 2.17. The van der Waals surface area contributed by atoms with Gasteiger partial charge in [0.05, 0.1) is 26.4 Å². The van der Waals surface area contributed by atoms with Crippen LogP contribution in [0.15, 0.2) is 0 Å². The zero-order chi connectivity index (χ0) is 13.1. The zero-order valence-electron chi connectivity index (χ0n) is 11.6. The summed E-state index contributed by atoms with van der Waals surface area (Å²) in [4.78, 5) is 11.6. The predicted molar refractivity (Wildman–Crippen MR) is 67.2 cm³/mol. The molecule has 0 aliphatic heterocycles. The molecule has 0 rings (SSSR count). The van der Waals surface area contributed by atoms with Gasteiger partial charge in [-0.15, -0.1) is 0 Å². The Morgan fingerprint density at radius 1 is 0.941 bits per heavy atom. The van der Waals surface area contributed by atoms with Crippen LogP contribution in [0.3, 0.4) is 0 Å². The maximum atomic E-state index is 11.6. The number of ether oxygens (including phenoxy) is 3. The number of methoxy groups -OCH3 is 1. The lowest BCUT2D eigenvalue weighted by atomic mass is 9.88. The molecule has 0 atom stereocenters. The van der Waals surface area contributed by atoms with E-state index in [4.69, 9.17) is 14.2 Å². The van der Waals surface area contributed by atoms with Crippen LogP contribution in [0.2, 0.25) is 0 Å². The Balaban J connectivity index is 3.22. The van der Waals surface area contributed by atoms with Gasteiger partial charge in [-0.25, -0.2) is 0 Å². The second-order valence-electron chi connectivity index (χ2n) is 4.99. The minimum absolute atomic E-state index is 0.233. The van der Waals surface area contributed by atoms with E-state index in [0.717, 1.165) is 6.42 Å². The Morgan fingerprint density at radius 2 is 1.47 bits per heavy atom. The molecule has 0 aromatic carbocycles. The first-order chi connectivity index (χ1) is 7.98. The molecule has 0 saturated carbocycles. The summed E-state index contributed by atoms with van der Waals surface area (Å²) in [6.07, 6.45) is 1.38. The maximum Gasteiger partial charge on any atom is 0.138 e. The van der Waals surface area contributed by atoms with Gasteiger partial charge in [0.25, 0.3) is 0 Å². The van der Waals surface area contributed by atoms with Crippen LogP contribution in [0.1, 0.15) is 33.6 Å². The maximum absolute atomic E-state index is 11.6. The minimum atomic E-state index is -0.233. The van der Waals surface area contributed by atoms with Gasteiger partial charge in [0.1, 0.15) is 5.78 Å². The number of ketones is 1. The lowest BCUT2D eigenvalue weighted by molar-refractivity contribution is -0.126. The van der Waals surface area contributed by atoms with Crippen LogP contribution in [0, 0.1) is 5.41 Å². The Labute approximate surface area is 105 Å². The Morgan fingerprint density at radius 3 is 2.00 bits per heavy atom. The van der Waals surface area contributed by atoms with Crippen LogP contribution >= 0.6 is 0 Å². The number of carbonyl (C=O) groups excluding carboxylic acids is 1. The Hall–Kier alpha value is -0.450. The summed E-state index contributed by atoms with van der Waals surface area (Å²) in [7, 11) is 1.64. The highest BCUT2D eigenvalue weighted by Gasteiger charge is 2.19. The van der Waals surface area contributed by atoms with E-state index < -0.39 is 0 Å². The third-order valence-corrected chi connectivity index (χ3v) is 2.33. The molecule has 0 aromatic rings. The van der Waals surface area contributed by atoms with Crippen LogP contribution in [0.4, 0.5) is 0 Å². The quantitative estimate of drug-likeness (QED) is 0.553. The number of rotatable bonds is 10. The van der Waals surface area contributed by atoms with Crippen LogP contribution in [-0.2, 0) is 19.0 Å². The van der Waals surface area contributed by atoms with Gasteiger partial charge in [0.2, 0.25) is 0 Å². The normalized spacial score (nSPS) is 11.8. The molecule has 17 heavy (non-hydrogen) atoms. The fraction of sp³-hybridized carbons (Fsp3) is 0.923. The number of hydrogen-bond acceptors (Lipinski definition) is 4. The summed E-state index contributed by atoms with van der Waals surface area (Å²) >= 11 is 0. The molecule has 0 amide bonds. The lowest BCUT2D eigenvalue weighted by Gasteiger charge is -2.16. The van der Waals surface area contributed by atoms with Gasteiger partial charge in [-0.1, -0.05) is 20.8 Å². The molecule has 0 fully saturated rings. The molecule has 0 aliphatic rings. The molecule has 0 unspecified atom stereocenters. The smallest absolute Gasteiger partial charge is 0.138 e. The summed E-state index contributed by atoms with van der Waals surface area (Å²) < 4.78 is 15.4. The molecule has 0 bridgehead atoms. The molecular weight excluding hydrogens is 220 g/mol. The van der Waals surface area contributed by atoms with E-state index in [2.05, 4.69) is 0 Å². The molecule has 0 radical (unpaired) electrons. The Kier molecular flexibility index (Phi) is 9.31. The van der Waals surface area contributed by atoms with E-state index in [9.17, 15) is 4.79 Å². The third kappa shape index (κ3) is 10.4. The van der Waals surface area contributed by atoms with Crippen molar-refractivity contribution in [1.82, 2.24) is 0 Å². The van der Waals surface area contributed by atoms with Gasteiger partial charge >= 0.3 is 0 Å². The van der Waals surface area contributed by atoms with Gasteiger partial charge in [-0.3, -0.25) is 4.79 Å². The highest BCUT2D eigenvalue weighted by molar-refractivity contribution is 5.83. The average molecular weight is 246 g/mol. The Bertz CT molecular complexity index is 196. The van der Waals surface area contributed by atoms with E-state index in [-0.39, 0.29) is 11.2 Å². The number of Topliss-reactive ketones (excluding diaryl/α,β-unsaturated/α-hetero) is 1. The van der Waals surface area contributed by atoms with E-state index in [1.807, 2.05) is 20.8 Å². The van der Waals surface area contributed by atoms with Crippen molar-refractivity contribution < 1.29 is 19.0 Å². The molecule has 0 saturated heterocycles. The van der Waals surface area contributed by atoms with Gasteiger partial charge in [0, 0.05) is 25.6 Å². The SMILES string of the molecule is COCCOCCOCCCC(=O)C(C)(C)C. The molecular formula is C13H26O4. The van der Waals surface area contributed by atoms with Crippen molar-refractivity contribution in [2.75, 3.05) is 40.1 Å². The zero-order valence-corrected chi connectivity index (χ0v) is 11.6. The summed E-state index contributed by atoms with van der Waals surface area (Å²) in [6.45, 7) is 8.82. The number of hydrogen-bond donors (Lipinski definition) is 0. The van der Waals surface area contributed by atoms with Crippen molar-refractivity contribution in [2.24, 2.45) is 5.41 Å². The highest BCUT2D eigenvalue weighted by atomic mass is 16.5. The first kappa shape index (κ1) is 16.6. The van der Waals surface area contributed by atoms with Crippen LogP contribution in [0.5, 0.6) is 0 Å². The van der Waals surface area contributed by atoms with Crippen LogP contribution in [0.25, 0.3) is 0 Å². The van der Waals surface area contributed by atoms with Crippen LogP contribution < -0.4 is 0 Å². The first-order valence-electron chi connectivity index (χ1n) is 6.16. The number of carbonyl (C=O) groups is 1. The molecule has 4 nitrogen and oxygen atoms in total. The van der Waals surface area contributed by atoms with Crippen molar-refractivity contribution in [2.45, 2.75) is 33.6 Å². The van der Waals surface area contributed by atoms with Crippen molar-refractivity contribution in [3.63, 3.8) is 0 Å². The molecule has 0 N–H and O–H groups in total. The second kappa shape index (κ2) is 9.57. The summed E-state index contributed by atoms with van der Waals surface area (Å²) in [5.41, 5.74) is -0.233. The van der Waals surface area contributed by atoms with Crippen molar-refractivity contribution in [3.05, 3.63) is 0 Å². The van der Waals surface area contributed by atoms with E-state index in [0.29, 0.717) is 39.5 Å². The molecule has 0 aromatic heterocycles. The largest absolute Gasteiger partial charge is 0.382 e. The van der Waals surface area contributed by atoms with E-state index in [1.165, 1.54) is 0 Å². The lowest BCUT2D eigenvalue weighted by Crippen LogP contribution is -2.20. The van der Waals surface area contributed by atoms with Gasteiger partial charge in [-0.05, 0) is 6.42 Å². The van der Waals surface area contributed by atoms with Gasteiger partial charge in [0.15, 0.2) is 0 Å². The van der Waals surface area contributed by atoms with E-state index >= 15 is 0 Å². The average Bonchev–Trinajstić information content (AvgIpc) is 2.25. The van der Waals surface area contributed by atoms with Gasteiger partial charge < -0.3 is 14.2 Å². The monoisotopic (exact) mass is 246 g/mol. The van der Waals surface area contributed by atoms with Crippen molar-refractivity contribution >= 4 is 5.78 Å². The molecule has 0 aliphatic carbocycles. The van der Waals surface area contributed by atoms with E-state index in [1.54, 1.807) is 7.11 Å². The summed E-state index contributed by atoms with van der Waals surface area (Å²) in [5, 5.41) is 0. The molecule has 102 valence electrons. The summed E-state index contributed by atoms with van der Waals surface area (Å²) in [6, 6.07) is 0. The fourth-order valence-electron chi connectivity index (χ4n) is 1.17. The van der Waals surface area contributed by atoms with Crippen molar-refractivity contribution in [3.8, 4) is 0 Å². The first-order valence-corrected chi connectivity index (χ1v) is 6.16. The fourth-order valence-corrected chi connectivity index (χ4v) is 1.17. The van der Waals surface area contributed by atoms with Gasteiger partial charge in [-0.2, -0.15) is 0 Å². The standard InChI is InChI=1S/C13H26O4/c1-13(2,3)12(14)6-5-7-16-10-11-17-9-8-15-4/h5-11H2,1-4H3. The predicted octanol–water partition coefficient (Wildman–Crippen LogP) is 2.06. The minimum Gasteiger partial charge on any atom is -0.382 e. The van der Waals surface area contributed by atoms with Crippen LogP contribution in [-0.4, -0.2) is 45.9 Å².